The number of carbonyl (C=O) groups is 2. The molecular formula is C43H59N7O5Si. The minimum Gasteiger partial charge on any atom is -0.432 e. The molecule has 0 unspecified atom stereocenters. The largest absolute Gasteiger partial charge is 0.432 e. The van der Waals surface area contributed by atoms with Gasteiger partial charge in [0.1, 0.15) is 5.54 Å². The highest BCUT2D eigenvalue weighted by Crippen LogP contribution is 2.60. The summed E-state index contributed by atoms with van der Waals surface area (Å²) in [5.74, 6) is -0.405. The van der Waals surface area contributed by atoms with Crippen molar-refractivity contribution in [2.24, 2.45) is 5.92 Å². The first-order valence-corrected chi connectivity index (χ1v) is 23.3. The molecule has 3 aromatic rings. The third kappa shape index (κ3) is 7.28. The topological polar surface area (TPSA) is 136 Å². The summed E-state index contributed by atoms with van der Waals surface area (Å²) in [7, 11) is -2.92. The molecule has 4 atom stereocenters. The van der Waals surface area contributed by atoms with E-state index in [0.717, 1.165) is 48.6 Å². The number of amides is 2. The molecule has 3 fully saturated rings. The van der Waals surface area contributed by atoms with E-state index in [1.54, 1.807) is 4.68 Å². The molecule has 12 nitrogen and oxygen atoms in total. The normalized spacial score (nSPS) is 24.9. The van der Waals surface area contributed by atoms with Crippen molar-refractivity contribution in [3.05, 3.63) is 89.3 Å². The lowest BCUT2D eigenvalue weighted by molar-refractivity contribution is -0.145. The smallest absolute Gasteiger partial charge is 0.264 e. The number of anilines is 3. The number of nitrogens with zero attached hydrogens (tertiary/aromatic N) is 6. The molecule has 4 aliphatic rings. The maximum atomic E-state index is 15.2. The minimum atomic E-state index is -2.92. The highest BCUT2D eigenvalue weighted by Gasteiger charge is 2.66. The lowest BCUT2D eigenvalue weighted by Crippen LogP contribution is -2.55. The van der Waals surface area contributed by atoms with E-state index < -0.39 is 25.6 Å². The van der Waals surface area contributed by atoms with Crippen LogP contribution in [0.25, 0.3) is 0 Å². The number of hydrogen-bond donors (Lipinski definition) is 3. The van der Waals surface area contributed by atoms with Crippen LogP contribution in [0.1, 0.15) is 71.1 Å². The fourth-order valence-corrected chi connectivity index (χ4v) is 12.3. The quantitative estimate of drug-likeness (QED) is 0.148. The Labute approximate surface area is 332 Å². The van der Waals surface area contributed by atoms with Crippen LogP contribution in [-0.2, 0) is 32.9 Å². The number of fused-ring (bicyclic) bond motifs is 2. The van der Waals surface area contributed by atoms with E-state index in [0.29, 0.717) is 51.1 Å². The van der Waals surface area contributed by atoms with E-state index in [4.69, 9.17) is 4.74 Å². The molecule has 2 spiro atoms. The van der Waals surface area contributed by atoms with Crippen molar-refractivity contribution in [3.8, 4) is 0 Å². The number of nitrogens with one attached hydrogen (secondary N) is 1. The van der Waals surface area contributed by atoms with Gasteiger partial charge >= 0.3 is 0 Å². The Morgan fingerprint density at radius 3 is 2.48 bits per heavy atom. The van der Waals surface area contributed by atoms with Gasteiger partial charge in [0.15, 0.2) is 13.9 Å². The summed E-state index contributed by atoms with van der Waals surface area (Å²) in [5, 5.41) is 21.3. The van der Waals surface area contributed by atoms with Gasteiger partial charge < -0.3 is 29.8 Å². The molecule has 56 heavy (non-hydrogen) atoms. The molecule has 1 aromatic heterocycles. The highest BCUT2D eigenvalue weighted by molar-refractivity contribution is 6.71. The number of aryl methyl sites for hydroxylation is 1. The number of aliphatic hydroxyl groups is 1. The summed E-state index contributed by atoms with van der Waals surface area (Å²) in [6.07, 6.45) is 9.97. The Morgan fingerprint density at radius 1 is 1.04 bits per heavy atom. The second-order valence-electron chi connectivity index (χ2n) is 17.0. The van der Waals surface area contributed by atoms with Gasteiger partial charge in [-0.15, -0.1) is 5.10 Å². The highest BCUT2D eigenvalue weighted by atomic mass is 28.4. The molecule has 7 rings (SSSR count). The van der Waals surface area contributed by atoms with E-state index in [9.17, 15) is 14.7 Å². The van der Waals surface area contributed by atoms with Crippen LogP contribution in [0, 0.1) is 5.92 Å². The number of benzene rings is 2. The summed E-state index contributed by atoms with van der Waals surface area (Å²) in [6, 6.07) is 16.2. The molecule has 0 radical (unpaired) electrons. The van der Waals surface area contributed by atoms with E-state index in [-0.39, 0.29) is 29.9 Å². The molecule has 0 aliphatic carbocycles. The Hall–Kier alpha value is -4.14. The number of hydrogen-bond acceptors (Lipinski definition) is 9. The average molecular weight is 782 g/mol. The third-order valence-electron chi connectivity index (χ3n) is 12.5. The number of piperidine rings is 1. The van der Waals surface area contributed by atoms with Crippen LogP contribution in [0.5, 0.6) is 0 Å². The van der Waals surface area contributed by atoms with E-state index in [1.807, 2.05) is 65.5 Å². The number of carbonyl (C=O) groups excluding carboxylic acids is 2. The van der Waals surface area contributed by atoms with Crippen molar-refractivity contribution in [2.75, 3.05) is 47.6 Å². The van der Waals surface area contributed by atoms with Crippen LogP contribution in [-0.4, -0.2) is 89.6 Å². The monoisotopic (exact) mass is 781 g/mol. The lowest BCUT2D eigenvalue weighted by Gasteiger charge is -2.39. The Bertz CT molecular complexity index is 1970. The van der Waals surface area contributed by atoms with Gasteiger partial charge in [0.2, 0.25) is 0 Å². The molecule has 5 heterocycles. The van der Waals surface area contributed by atoms with Crippen molar-refractivity contribution in [1.82, 2.24) is 20.3 Å². The van der Waals surface area contributed by atoms with Crippen molar-refractivity contribution >= 4 is 37.2 Å². The second kappa shape index (κ2) is 16.0. The van der Waals surface area contributed by atoms with Crippen LogP contribution in [0.4, 0.5) is 17.1 Å². The van der Waals surface area contributed by atoms with Gasteiger partial charge in [0.25, 0.3) is 11.8 Å². The zero-order valence-electron chi connectivity index (χ0n) is 33.9. The summed E-state index contributed by atoms with van der Waals surface area (Å²) < 4.78 is 8.93. The standard InChI is InChI=1S/C43H59N7O5Si/c1-30(2)11-10-12-31(3)17-25-48-37-16-15-35(49-29-50(34-13-8-7-9-14-34)42(40(49)52)20-22-44-23-21-42)27-36(37)43(41(48)53)32(4)39(56(5,6)54)38(55-43)18-24-47-28-33(19-26-51)45-46-47/h7-9,11,13-17,27-28,32,38-39,44,51,54H,10,12,18-26,29H2,1-6H3/b31-17+/t32-,38+,39-,43+/m1/s1. The maximum Gasteiger partial charge on any atom is 0.264 e. The van der Waals surface area contributed by atoms with Crippen molar-refractivity contribution in [2.45, 2.75) is 109 Å². The van der Waals surface area contributed by atoms with Gasteiger partial charge in [-0.05, 0) is 109 Å². The molecular weight excluding hydrogens is 723 g/mol. The maximum absolute atomic E-state index is 15.2. The molecule has 4 aliphatic heterocycles. The van der Waals surface area contributed by atoms with Crippen LogP contribution in [0.2, 0.25) is 18.6 Å². The molecule has 0 bridgehead atoms. The van der Waals surface area contributed by atoms with Gasteiger partial charge in [-0.2, -0.15) is 0 Å². The predicted molar refractivity (Wildman–Crippen MR) is 222 cm³/mol. The fraction of sp³-hybridized carbons (Fsp3) is 0.535. The van der Waals surface area contributed by atoms with Crippen LogP contribution in [0.15, 0.2) is 78.0 Å². The zero-order valence-corrected chi connectivity index (χ0v) is 34.9. The van der Waals surface area contributed by atoms with Crippen molar-refractivity contribution in [3.63, 3.8) is 0 Å². The number of rotatable bonds is 13. The number of aliphatic hydroxyl groups excluding tert-OH is 1. The van der Waals surface area contributed by atoms with Gasteiger partial charge in [-0.1, -0.05) is 53.6 Å². The predicted octanol–water partition coefficient (Wildman–Crippen LogP) is 5.67. The number of aromatic nitrogens is 3. The first-order valence-electron chi connectivity index (χ1n) is 20.3. The number of para-hydroxylation sites is 1. The molecule has 3 saturated heterocycles. The van der Waals surface area contributed by atoms with Gasteiger partial charge in [0, 0.05) is 60.7 Å². The SMILES string of the molecule is CC(C)=CCC/C(C)=C/CN1C(=O)[C@@]2(O[C@@H](CCn3cc(CCO)nn3)[C@H]([Si](C)(C)O)[C@H]2C)c2cc(N3CN(c4ccccc4)C4(CCNCC4)C3=O)ccc21. The average Bonchev–Trinajstić information content (AvgIpc) is 3.89. The molecule has 2 amide bonds. The third-order valence-corrected chi connectivity index (χ3v) is 15.0. The Balaban J connectivity index is 1.28. The number of ether oxygens (including phenoxy) is 1. The van der Waals surface area contributed by atoms with Gasteiger partial charge in [0.05, 0.1) is 24.2 Å². The summed E-state index contributed by atoms with van der Waals surface area (Å²) >= 11 is 0. The molecule has 2 aromatic carbocycles. The summed E-state index contributed by atoms with van der Waals surface area (Å²) in [4.78, 5) is 47.9. The number of allylic oxidation sites excluding steroid dienone is 3. The van der Waals surface area contributed by atoms with E-state index in [2.05, 4.69) is 72.5 Å². The van der Waals surface area contributed by atoms with Gasteiger partial charge in [-0.25, -0.2) is 0 Å². The molecule has 0 saturated carbocycles. The fourth-order valence-electron chi connectivity index (χ4n) is 9.73. The summed E-state index contributed by atoms with van der Waals surface area (Å²) in [5.41, 5.74) is 4.21. The summed E-state index contributed by atoms with van der Waals surface area (Å²) in [6.45, 7) is 15.0. The van der Waals surface area contributed by atoms with Crippen LogP contribution in [0.3, 0.4) is 0 Å². The van der Waals surface area contributed by atoms with E-state index >= 15 is 4.79 Å². The van der Waals surface area contributed by atoms with Crippen LogP contribution >= 0.6 is 0 Å². The first kappa shape index (κ1) is 40.1. The molecule has 13 heteroatoms. The Kier molecular flexibility index (Phi) is 11.5. The van der Waals surface area contributed by atoms with Gasteiger partial charge in [-0.3, -0.25) is 19.2 Å². The second-order valence-corrected chi connectivity index (χ2v) is 21.0. The minimum absolute atomic E-state index is 0.00742. The molecule has 3 N–H and O–H groups in total. The molecule has 300 valence electrons. The van der Waals surface area contributed by atoms with E-state index in [1.165, 1.54) is 11.1 Å². The first-order chi connectivity index (χ1) is 26.8. The van der Waals surface area contributed by atoms with Crippen molar-refractivity contribution < 1.29 is 24.2 Å². The van der Waals surface area contributed by atoms with Crippen molar-refractivity contribution in [1.29, 1.82) is 0 Å². The zero-order chi connectivity index (χ0) is 39.8. The Morgan fingerprint density at radius 2 is 1.79 bits per heavy atom. The van der Waals surface area contributed by atoms with Crippen LogP contribution < -0.4 is 20.0 Å². The lowest BCUT2D eigenvalue weighted by atomic mass is 9.82.